The third-order valence-electron chi connectivity index (χ3n) is 2.75. The van der Waals surface area contributed by atoms with Crippen molar-refractivity contribution in [2.45, 2.75) is 45.7 Å². The number of rotatable bonds is 7. The Kier molecular flexibility index (Phi) is 6.15. The molecule has 1 aromatic heterocycles. The van der Waals surface area contributed by atoms with Crippen molar-refractivity contribution < 1.29 is 5.11 Å². The van der Waals surface area contributed by atoms with E-state index in [0.29, 0.717) is 18.7 Å². The third-order valence-corrected chi connectivity index (χ3v) is 3.12. The minimum absolute atomic E-state index is 0.0933. The first kappa shape index (κ1) is 15.0. The van der Waals surface area contributed by atoms with Crippen LogP contribution in [0.1, 0.15) is 33.1 Å². The molecule has 2 N–H and O–H groups in total. The Balaban J connectivity index is 2.91. The second-order valence-electron chi connectivity index (χ2n) is 4.16. The maximum atomic E-state index is 11.9. The molecule has 0 saturated heterocycles. The van der Waals surface area contributed by atoms with E-state index < -0.39 is 0 Å². The lowest BCUT2D eigenvalue weighted by molar-refractivity contribution is 0.278. The molecular formula is C12H20ClN3O2. The van der Waals surface area contributed by atoms with Crippen molar-refractivity contribution in [3.63, 3.8) is 0 Å². The zero-order valence-electron chi connectivity index (χ0n) is 10.8. The van der Waals surface area contributed by atoms with Crippen LogP contribution >= 0.6 is 11.6 Å². The molecule has 0 aliphatic rings. The van der Waals surface area contributed by atoms with E-state index in [1.54, 1.807) is 6.20 Å². The molecular weight excluding hydrogens is 254 g/mol. The molecule has 5 nitrogen and oxygen atoms in total. The second-order valence-corrected chi connectivity index (χ2v) is 4.54. The van der Waals surface area contributed by atoms with Crippen molar-refractivity contribution in [2.75, 3.05) is 11.9 Å². The van der Waals surface area contributed by atoms with Gasteiger partial charge >= 0.3 is 0 Å². The molecule has 1 atom stereocenters. The van der Waals surface area contributed by atoms with Gasteiger partial charge in [-0.25, -0.2) is 4.68 Å². The van der Waals surface area contributed by atoms with Crippen LogP contribution < -0.4 is 10.9 Å². The predicted octanol–water partition coefficient (Wildman–Crippen LogP) is 1.88. The quantitative estimate of drug-likeness (QED) is 0.796. The normalized spacial score (nSPS) is 12.4. The lowest BCUT2D eigenvalue weighted by atomic mass is 10.1. The van der Waals surface area contributed by atoms with E-state index in [0.717, 1.165) is 12.8 Å². The summed E-state index contributed by atoms with van der Waals surface area (Å²) in [5, 5.41) is 16.3. The van der Waals surface area contributed by atoms with Gasteiger partial charge in [0.1, 0.15) is 5.02 Å². The van der Waals surface area contributed by atoms with Gasteiger partial charge in [-0.15, -0.1) is 0 Å². The van der Waals surface area contributed by atoms with Crippen LogP contribution in [0, 0.1) is 0 Å². The van der Waals surface area contributed by atoms with Gasteiger partial charge in [-0.2, -0.15) is 5.10 Å². The summed E-state index contributed by atoms with van der Waals surface area (Å²) < 4.78 is 1.36. The number of aliphatic hydroxyl groups is 1. The Morgan fingerprint density at radius 1 is 1.56 bits per heavy atom. The average Bonchev–Trinajstić information content (AvgIpc) is 2.37. The fourth-order valence-electron chi connectivity index (χ4n) is 1.69. The maximum Gasteiger partial charge on any atom is 0.287 e. The molecule has 0 spiro atoms. The van der Waals surface area contributed by atoms with Crippen molar-refractivity contribution in [3.8, 4) is 0 Å². The molecule has 0 aliphatic heterocycles. The smallest absolute Gasteiger partial charge is 0.287 e. The molecule has 0 fully saturated rings. The van der Waals surface area contributed by atoms with E-state index in [9.17, 15) is 4.79 Å². The summed E-state index contributed by atoms with van der Waals surface area (Å²) in [6, 6.07) is 0.0933. The van der Waals surface area contributed by atoms with Crippen LogP contribution in [0.4, 0.5) is 5.69 Å². The number of nitrogens with zero attached hydrogens (tertiary/aromatic N) is 2. The van der Waals surface area contributed by atoms with Gasteiger partial charge in [0.05, 0.1) is 11.9 Å². The van der Waals surface area contributed by atoms with Gasteiger partial charge in [0.15, 0.2) is 0 Å². The summed E-state index contributed by atoms with van der Waals surface area (Å²) in [6.07, 6.45) is 3.86. The first-order chi connectivity index (χ1) is 8.63. The van der Waals surface area contributed by atoms with E-state index in [4.69, 9.17) is 16.7 Å². The number of aryl methyl sites for hydroxylation is 1. The van der Waals surface area contributed by atoms with Crippen LogP contribution in [0.2, 0.25) is 5.02 Å². The number of aromatic nitrogens is 2. The SMILES string of the molecule is CCCn1ncc(NC(CC)CCO)c(Cl)c1=O. The van der Waals surface area contributed by atoms with E-state index in [1.807, 2.05) is 13.8 Å². The van der Waals surface area contributed by atoms with Crippen molar-refractivity contribution in [1.82, 2.24) is 9.78 Å². The molecule has 0 saturated carbocycles. The van der Waals surface area contributed by atoms with Crippen molar-refractivity contribution in [1.29, 1.82) is 0 Å². The van der Waals surface area contributed by atoms with E-state index in [2.05, 4.69) is 10.4 Å². The molecule has 1 heterocycles. The van der Waals surface area contributed by atoms with Crippen molar-refractivity contribution >= 4 is 17.3 Å². The van der Waals surface area contributed by atoms with Crippen LogP contribution in [0.25, 0.3) is 0 Å². The van der Waals surface area contributed by atoms with Crippen LogP contribution in [0.3, 0.4) is 0 Å². The first-order valence-corrected chi connectivity index (χ1v) is 6.64. The number of halogens is 1. The van der Waals surface area contributed by atoms with Gasteiger partial charge in [-0.1, -0.05) is 25.4 Å². The third kappa shape index (κ3) is 3.71. The predicted molar refractivity (Wildman–Crippen MR) is 73.2 cm³/mol. The number of aliphatic hydroxyl groups excluding tert-OH is 1. The van der Waals surface area contributed by atoms with Gasteiger partial charge in [0.25, 0.3) is 5.56 Å². The number of anilines is 1. The van der Waals surface area contributed by atoms with E-state index in [1.165, 1.54) is 4.68 Å². The highest BCUT2D eigenvalue weighted by atomic mass is 35.5. The Bertz CT molecular complexity index is 434. The van der Waals surface area contributed by atoms with Crippen LogP contribution in [0.15, 0.2) is 11.0 Å². The van der Waals surface area contributed by atoms with Gasteiger partial charge in [-0.05, 0) is 19.3 Å². The standard InChI is InChI=1S/C12H20ClN3O2/c1-3-6-16-12(18)11(13)10(8-14-16)15-9(4-2)5-7-17/h8-9,15,17H,3-7H2,1-2H3. The fraction of sp³-hybridized carbons (Fsp3) is 0.667. The minimum Gasteiger partial charge on any atom is -0.396 e. The molecule has 0 radical (unpaired) electrons. The van der Waals surface area contributed by atoms with Crippen LogP contribution in [-0.2, 0) is 6.54 Å². The summed E-state index contributed by atoms with van der Waals surface area (Å²) in [6.45, 7) is 4.64. The second kappa shape index (κ2) is 7.38. The highest BCUT2D eigenvalue weighted by Crippen LogP contribution is 2.18. The molecule has 102 valence electrons. The number of hydrogen-bond donors (Lipinski definition) is 2. The van der Waals surface area contributed by atoms with Crippen molar-refractivity contribution in [2.24, 2.45) is 0 Å². The molecule has 0 bridgehead atoms. The molecule has 1 unspecified atom stereocenters. The average molecular weight is 274 g/mol. The van der Waals surface area contributed by atoms with E-state index in [-0.39, 0.29) is 23.2 Å². The Morgan fingerprint density at radius 3 is 2.83 bits per heavy atom. The molecule has 0 aromatic carbocycles. The molecule has 6 heteroatoms. The highest BCUT2D eigenvalue weighted by molar-refractivity contribution is 6.32. The van der Waals surface area contributed by atoms with Gasteiger partial charge in [0.2, 0.25) is 0 Å². The minimum atomic E-state index is -0.276. The molecule has 0 aliphatic carbocycles. The lowest BCUT2D eigenvalue weighted by Gasteiger charge is -2.18. The molecule has 0 amide bonds. The van der Waals surface area contributed by atoms with Crippen LogP contribution in [0.5, 0.6) is 0 Å². The highest BCUT2D eigenvalue weighted by Gasteiger charge is 2.12. The van der Waals surface area contributed by atoms with Gasteiger partial charge in [-0.3, -0.25) is 4.79 Å². The maximum absolute atomic E-state index is 11.9. The summed E-state index contributed by atoms with van der Waals surface area (Å²) in [5.74, 6) is 0. The summed E-state index contributed by atoms with van der Waals surface area (Å²) in [4.78, 5) is 11.9. The number of hydrogen-bond acceptors (Lipinski definition) is 4. The zero-order valence-corrected chi connectivity index (χ0v) is 11.6. The summed E-state index contributed by atoms with van der Waals surface area (Å²) in [7, 11) is 0. The topological polar surface area (TPSA) is 67.2 Å². The first-order valence-electron chi connectivity index (χ1n) is 6.27. The summed E-state index contributed by atoms with van der Waals surface area (Å²) in [5.41, 5.74) is 0.261. The Labute approximate surface area is 112 Å². The Hall–Kier alpha value is -1.07. The lowest BCUT2D eigenvalue weighted by Crippen LogP contribution is -2.27. The molecule has 1 rings (SSSR count). The van der Waals surface area contributed by atoms with Gasteiger partial charge < -0.3 is 10.4 Å². The van der Waals surface area contributed by atoms with E-state index >= 15 is 0 Å². The fourth-order valence-corrected chi connectivity index (χ4v) is 1.89. The Morgan fingerprint density at radius 2 is 2.28 bits per heavy atom. The molecule has 18 heavy (non-hydrogen) atoms. The largest absolute Gasteiger partial charge is 0.396 e. The monoisotopic (exact) mass is 273 g/mol. The zero-order chi connectivity index (χ0) is 13.5. The van der Waals surface area contributed by atoms with Gasteiger partial charge in [0, 0.05) is 19.2 Å². The van der Waals surface area contributed by atoms with Crippen LogP contribution in [-0.4, -0.2) is 27.5 Å². The summed E-state index contributed by atoms with van der Waals surface area (Å²) >= 11 is 6.04. The number of nitrogens with one attached hydrogen (secondary N) is 1. The molecule has 1 aromatic rings. The van der Waals surface area contributed by atoms with Crippen molar-refractivity contribution in [3.05, 3.63) is 21.6 Å².